The molecule has 1 heterocycles. The summed E-state index contributed by atoms with van der Waals surface area (Å²) in [7, 11) is 0. The van der Waals surface area contributed by atoms with Crippen molar-refractivity contribution in [2.45, 2.75) is 33.3 Å². The van der Waals surface area contributed by atoms with E-state index in [1.807, 2.05) is 6.92 Å². The van der Waals surface area contributed by atoms with Gasteiger partial charge in [-0.3, -0.25) is 4.90 Å². The fourth-order valence-corrected chi connectivity index (χ4v) is 1.93. The lowest BCUT2D eigenvalue weighted by molar-refractivity contribution is 0.132. The second-order valence-corrected chi connectivity index (χ2v) is 4.61. The molecule has 0 saturated heterocycles. The van der Waals surface area contributed by atoms with E-state index in [0.29, 0.717) is 0 Å². The minimum absolute atomic E-state index is 0.249. The van der Waals surface area contributed by atoms with Crippen molar-refractivity contribution in [2.24, 2.45) is 0 Å². The average Bonchev–Trinajstić information content (AvgIpc) is 2.21. The maximum Gasteiger partial charge on any atom is 0.0639 e. The first-order chi connectivity index (χ1) is 7.61. The standard InChI is InChI=1S/C13H24N2O/c1-4-7-15(9-12(3)16)10-13-6-5-11(2)14-8-13/h5-6,12,14,16H,4,7-10H2,1-3H3. The summed E-state index contributed by atoms with van der Waals surface area (Å²) >= 11 is 0. The Morgan fingerprint density at radius 3 is 2.75 bits per heavy atom. The van der Waals surface area contributed by atoms with Gasteiger partial charge in [0, 0.05) is 25.3 Å². The highest BCUT2D eigenvalue weighted by Crippen LogP contribution is 2.07. The molecule has 16 heavy (non-hydrogen) atoms. The van der Waals surface area contributed by atoms with E-state index < -0.39 is 0 Å². The number of hydrogen-bond acceptors (Lipinski definition) is 3. The van der Waals surface area contributed by atoms with Crippen molar-refractivity contribution >= 4 is 0 Å². The molecular formula is C13H24N2O. The molecule has 0 fully saturated rings. The number of aliphatic hydroxyl groups is 1. The van der Waals surface area contributed by atoms with E-state index in [9.17, 15) is 5.11 Å². The Kier molecular flexibility index (Phi) is 5.56. The Balaban J connectivity index is 2.48. The number of hydrogen-bond donors (Lipinski definition) is 2. The molecule has 1 aliphatic heterocycles. The number of nitrogens with one attached hydrogen (secondary N) is 1. The van der Waals surface area contributed by atoms with Crippen molar-refractivity contribution in [1.82, 2.24) is 10.2 Å². The van der Waals surface area contributed by atoms with Gasteiger partial charge in [0.05, 0.1) is 6.10 Å². The highest BCUT2D eigenvalue weighted by Gasteiger charge is 2.10. The summed E-state index contributed by atoms with van der Waals surface area (Å²) in [4.78, 5) is 2.31. The molecule has 2 N–H and O–H groups in total. The molecule has 1 rings (SSSR count). The molecule has 0 spiro atoms. The highest BCUT2D eigenvalue weighted by molar-refractivity contribution is 5.23. The fraction of sp³-hybridized carbons (Fsp3) is 0.692. The molecule has 1 atom stereocenters. The van der Waals surface area contributed by atoms with Gasteiger partial charge in [0.25, 0.3) is 0 Å². The lowest BCUT2D eigenvalue weighted by atomic mass is 10.1. The maximum absolute atomic E-state index is 9.43. The zero-order valence-corrected chi connectivity index (χ0v) is 10.7. The van der Waals surface area contributed by atoms with Crippen LogP contribution in [0.1, 0.15) is 27.2 Å². The Morgan fingerprint density at radius 2 is 2.25 bits per heavy atom. The second-order valence-electron chi connectivity index (χ2n) is 4.61. The van der Waals surface area contributed by atoms with Crippen LogP contribution in [0.2, 0.25) is 0 Å². The van der Waals surface area contributed by atoms with E-state index in [-0.39, 0.29) is 6.10 Å². The zero-order valence-electron chi connectivity index (χ0n) is 10.7. The molecule has 3 nitrogen and oxygen atoms in total. The predicted molar refractivity (Wildman–Crippen MR) is 68.3 cm³/mol. The number of nitrogens with zero attached hydrogens (tertiary/aromatic N) is 1. The third kappa shape index (κ3) is 4.81. The monoisotopic (exact) mass is 224 g/mol. The van der Waals surface area contributed by atoms with Gasteiger partial charge in [-0.15, -0.1) is 0 Å². The van der Waals surface area contributed by atoms with Gasteiger partial charge in [-0.1, -0.05) is 13.0 Å². The third-order valence-electron chi connectivity index (χ3n) is 2.65. The molecule has 92 valence electrons. The van der Waals surface area contributed by atoms with Crippen LogP contribution in [0.4, 0.5) is 0 Å². The van der Waals surface area contributed by atoms with Crippen LogP contribution in [-0.4, -0.2) is 42.3 Å². The zero-order chi connectivity index (χ0) is 12.0. The largest absolute Gasteiger partial charge is 0.392 e. The molecule has 0 amide bonds. The number of aliphatic hydroxyl groups excluding tert-OH is 1. The number of allylic oxidation sites excluding steroid dienone is 3. The number of dihydropyridines is 1. The molecule has 0 radical (unpaired) electrons. The molecular weight excluding hydrogens is 200 g/mol. The maximum atomic E-state index is 9.43. The SMILES string of the molecule is CCCN(CC1=CC=C(C)NC1)CC(C)O. The van der Waals surface area contributed by atoms with Crippen LogP contribution in [0.15, 0.2) is 23.4 Å². The lowest BCUT2D eigenvalue weighted by Gasteiger charge is -2.26. The van der Waals surface area contributed by atoms with Gasteiger partial charge in [0.1, 0.15) is 0 Å². The number of rotatable bonds is 6. The second kappa shape index (κ2) is 6.71. The van der Waals surface area contributed by atoms with Crippen LogP contribution in [-0.2, 0) is 0 Å². The molecule has 0 aromatic carbocycles. The predicted octanol–water partition coefficient (Wildman–Crippen LogP) is 1.51. The Hall–Kier alpha value is -0.800. The van der Waals surface area contributed by atoms with E-state index in [1.54, 1.807) is 0 Å². The summed E-state index contributed by atoms with van der Waals surface area (Å²) in [6.07, 6.45) is 5.19. The third-order valence-corrected chi connectivity index (χ3v) is 2.65. The van der Waals surface area contributed by atoms with Gasteiger partial charge in [-0.25, -0.2) is 0 Å². The summed E-state index contributed by atoms with van der Waals surface area (Å²) in [5.74, 6) is 0. The summed E-state index contributed by atoms with van der Waals surface area (Å²) in [6, 6.07) is 0. The Labute approximate surface area is 98.8 Å². The first-order valence-electron chi connectivity index (χ1n) is 6.12. The van der Waals surface area contributed by atoms with Gasteiger partial charge in [-0.2, -0.15) is 0 Å². The summed E-state index contributed by atoms with van der Waals surface area (Å²) < 4.78 is 0. The normalized spacial score (nSPS) is 17.8. The Bertz CT molecular complexity index is 269. The lowest BCUT2D eigenvalue weighted by Crippen LogP contribution is -2.35. The minimum Gasteiger partial charge on any atom is -0.392 e. The van der Waals surface area contributed by atoms with Crippen LogP contribution < -0.4 is 5.32 Å². The van der Waals surface area contributed by atoms with E-state index in [0.717, 1.165) is 32.6 Å². The van der Waals surface area contributed by atoms with Gasteiger partial charge in [0.15, 0.2) is 0 Å². The van der Waals surface area contributed by atoms with Gasteiger partial charge in [0.2, 0.25) is 0 Å². The first kappa shape index (κ1) is 13.3. The summed E-state index contributed by atoms with van der Waals surface area (Å²) in [5.41, 5.74) is 2.61. The summed E-state index contributed by atoms with van der Waals surface area (Å²) in [6.45, 7) is 9.79. The highest BCUT2D eigenvalue weighted by atomic mass is 16.3. The molecule has 1 unspecified atom stereocenters. The summed E-state index contributed by atoms with van der Waals surface area (Å²) in [5, 5.41) is 12.8. The molecule has 0 aromatic rings. The van der Waals surface area contributed by atoms with Crippen LogP contribution in [0.5, 0.6) is 0 Å². The van der Waals surface area contributed by atoms with Crippen molar-refractivity contribution in [1.29, 1.82) is 0 Å². The van der Waals surface area contributed by atoms with Crippen molar-refractivity contribution in [3.05, 3.63) is 23.4 Å². The van der Waals surface area contributed by atoms with Crippen molar-refractivity contribution < 1.29 is 5.11 Å². The Morgan fingerprint density at radius 1 is 1.50 bits per heavy atom. The van der Waals surface area contributed by atoms with Gasteiger partial charge >= 0.3 is 0 Å². The topological polar surface area (TPSA) is 35.5 Å². The van der Waals surface area contributed by atoms with Crippen LogP contribution in [0.25, 0.3) is 0 Å². The van der Waals surface area contributed by atoms with Crippen molar-refractivity contribution in [2.75, 3.05) is 26.2 Å². The van der Waals surface area contributed by atoms with Crippen molar-refractivity contribution in [3.8, 4) is 0 Å². The minimum atomic E-state index is -0.249. The average molecular weight is 224 g/mol. The quantitative estimate of drug-likeness (QED) is 0.718. The van der Waals surface area contributed by atoms with E-state index in [1.165, 1.54) is 11.3 Å². The smallest absolute Gasteiger partial charge is 0.0639 e. The molecule has 0 aliphatic carbocycles. The molecule has 3 heteroatoms. The van der Waals surface area contributed by atoms with Gasteiger partial charge in [-0.05, 0) is 38.5 Å². The van der Waals surface area contributed by atoms with Crippen molar-refractivity contribution in [3.63, 3.8) is 0 Å². The first-order valence-corrected chi connectivity index (χ1v) is 6.12. The van der Waals surface area contributed by atoms with Crippen LogP contribution >= 0.6 is 0 Å². The van der Waals surface area contributed by atoms with E-state index >= 15 is 0 Å². The molecule has 1 aliphatic rings. The van der Waals surface area contributed by atoms with Crippen LogP contribution in [0.3, 0.4) is 0 Å². The molecule has 0 bridgehead atoms. The van der Waals surface area contributed by atoms with Crippen LogP contribution in [0, 0.1) is 0 Å². The van der Waals surface area contributed by atoms with E-state index in [2.05, 4.69) is 36.2 Å². The van der Waals surface area contributed by atoms with E-state index in [4.69, 9.17) is 0 Å². The fourth-order valence-electron chi connectivity index (χ4n) is 1.93. The molecule has 0 saturated carbocycles. The molecule has 0 aromatic heterocycles. The van der Waals surface area contributed by atoms with Gasteiger partial charge < -0.3 is 10.4 Å².